The summed E-state index contributed by atoms with van der Waals surface area (Å²) in [5.41, 5.74) is 1.10. The molecule has 0 aliphatic rings. The highest BCUT2D eigenvalue weighted by Gasteiger charge is 2.15. The topological polar surface area (TPSA) is 96.5 Å². The minimum absolute atomic E-state index is 0.124. The average Bonchev–Trinajstić information content (AvgIpc) is 2.52. The second kappa shape index (κ2) is 10.4. The Balaban J connectivity index is 2.09. The van der Waals surface area contributed by atoms with Crippen LogP contribution in [0.1, 0.15) is 49.5 Å². The van der Waals surface area contributed by atoms with Gasteiger partial charge in [0.15, 0.2) is 0 Å². The van der Waals surface area contributed by atoms with Crippen LogP contribution in [0.3, 0.4) is 0 Å². The molecule has 3 amide bonds. The van der Waals surface area contributed by atoms with E-state index in [-0.39, 0.29) is 24.8 Å². The molecule has 1 aromatic rings. The van der Waals surface area contributed by atoms with Crippen LogP contribution in [-0.4, -0.2) is 43.1 Å². The zero-order valence-electron chi connectivity index (χ0n) is 16.0. The van der Waals surface area contributed by atoms with Gasteiger partial charge in [-0.05, 0) is 46.2 Å². The van der Waals surface area contributed by atoms with Gasteiger partial charge in [-0.1, -0.05) is 17.7 Å². The minimum Gasteiger partial charge on any atom is -0.444 e. The van der Waals surface area contributed by atoms with Gasteiger partial charge in [0.05, 0.1) is 0 Å². The maximum atomic E-state index is 11.9. The zero-order valence-corrected chi connectivity index (χ0v) is 16.0. The van der Waals surface area contributed by atoms with Gasteiger partial charge in [0.25, 0.3) is 5.91 Å². The predicted molar refractivity (Wildman–Crippen MR) is 100.0 cm³/mol. The van der Waals surface area contributed by atoms with E-state index >= 15 is 0 Å². The van der Waals surface area contributed by atoms with Crippen LogP contribution < -0.4 is 16.0 Å². The summed E-state index contributed by atoms with van der Waals surface area (Å²) in [5.74, 6) is -0.285. The van der Waals surface area contributed by atoms with Crippen LogP contribution in [-0.2, 0) is 9.53 Å². The quantitative estimate of drug-likeness (QED) is 0.617. The van der Waals surface area contributed by atoms with E-state index in [4.69, 9.17) is 4.74 Å². The summed E-state index contributed by atoms with van der Waals surface area (Å²) in [4.78, 5) is 35.1. The molecule has 1 aromatic carbocycles. The fraction of sp³-hybridized carbons (Fsp3) is 0.526. The third kappa shape index (κ3) is 9.66. The number of nitrogens with one attached hydrogen (secondary N) is 3. The van der Waals surface area contributed by atoms with Crippen LogP contribution in [0.15, 0.2) is 24.3 Å². The van der Waals surface area contributed by atoms with Crippen molar-refractivity contribution < 1.29 is 19.1 Å². The van der Waals surface area contributed by atoms with Gasteiger partial charge < -0.3 is 20.7 Å². The van der Waals surface area contributed by atoms with Gasteiger partial charge in [-0.15, -0.1) is 0 Å². The van der Waals surface area contributed by atoms with Gasteiger partial charge in [-0.25, -0.2) is 4.79 Å². The largest absolute Gasteiger partial charge is 0.444 e. The molecule has 0 unspecified atom stereocenters. The number of rotatable bonds is 8. The lowest BCUT2D eigenvalue weighted by Crippen LogP contribution is -2.35. The van der Waals surface area contributed by atoms with Crippen LogP contribution in [0.4, 0.5) is 4.79 Å². The molecule has 0 radical (unpaired) electrons. The highest BCUT2D eigenvalue weighted by atomic mass is 16.6. The van der Waals surface area contributed by atoms with Gasteiger partial charge in [0, 0.05) is 31.6 Å². The molecule has 3 N–H and O–H groups in total. The fourth-order valence-corrected chi connectivity index (χ4v) is 2.09. The molecule has 144 valence electrons. The molecule has 0 aromatic heterocycles. The Kier molecular flexibility index (Phi) is 8.61. The summed E-state index contributed by atoms with van der Waals surface area (Å²) in [7, 11) is 0. The van der Waals surface area contributed by atoms with Crippen LogP contribution in [0.5, 0.6) is 0 Å². The van der Waals surface area contributed by atoms with Crippen LogP contribution in [0.2, 0.25) is 0 Å². The van der Waals surface area contributed by atoms with Gasteiger partial charge >= 0.3 is 6.09 Å². The van der Waals surface area contributed by atoms with Crippen molar-refractivity contribution in [3.8, 4) is 0 Å². The van der Waals surface area contributed by atoms with E-state index in [0.717, 1.165) is 5.56 Å². The SMILES string of the molecule is Cc1cccc(C(=O)NCCCNC(=O)CCNC(=O)OC(C)(C)C)c1. The maximum absolute atomic E-state index is 11.9. The molecule has 26 heavy (non-hydrogen) atoms. The standard InChI is InChI=1S/C19H29N3O4/c1-14-7-5-8-15(13-14)17(24)21-11-6-10-20-16(23)9-12-22-18(25)26-19(2,3)4/h5,7-8,13H,6,9-12H2,1-4H3,(H,20,23)(H,21,24)(H,22,25). The molecule has 0 atom stereocenters. The van der Waals surface area contributed by atoms with Crippen LogP contribution in [0.25, 0.3) is 0 Å². The average molecular weight is 363 g/mol. The smallest absolute Gasteiger partial charge is 0.407 e. The first-order chi connectivity index (χ1) is 12.2. The Morgan fingerprint density at radius 2 is 1.69 bits per heavy atom. The third-order valence-electron chi connectivity index (χ3n) is 3.26. The number of amides is 3. The van der Waals surface area contributed by atoms with Gasteiger partial charge in [-0.2, -0.15) is 0 Å². The molecule has 0 aliphatic heterocycles. The number of carbonyl (C=O) groups is 3. The Bertz CT molecular complexity index is 623. The van der Waals surface area contributed by atoms with E-state index in [1.807, 2.05) is 25.1 Å². The molecule has 0 heterocycles. The summed E-state index contributed by atoms with van der Waals surface area (Å²) in [6.45, 7) is 8.41. The number of carbonyl (C=O) groups excluding carboxylic acids is 3. The van der Waals surface area contributed by atoms with E-state index in [0.29, 0.717) is 25.1 Å². The van der Waals surface area contributed by atoms with Crippen LogP contribution >= 0.6 is 0 Å². The maximum Gasteiger partial charge on any atom is 0.407 e. The fourth-order valence-electron chi connectivity index (χ4n) is 2.09. The lowest BCUT2D eigenvalue weighted by atomic mass is 10.1. The van der Waals surface area contributed by atoms with Crippen molar-refractivity contribution in [3.63, 3.8) is 0 Å². The van der Waals surface area contributed by atoms with Crippen molar-refractivity contribution in [2.75, 3.05) is 19.6 Å². The number of hydrogen-bond donors (Lipinski definition) is 3. The molecule has 0 saturated carbocycles. The van der Waals surface area contributed by atoms with E-state index in [1.54, 1.807) is 26.8 Å². The molecule has 0 fully saturated rings. The van der Waals surface area contributed by atoms with Gasteiger partial charge in [0.1, 0.15) is 5.60 Å². The van der Waals surface area contributed by atoms with Crippen molar-refractivity contribution in [1.82, 2.24) is 16.0 Å². The highest BCUT2D eigenvalue weighted by Crippen LogP contribution is 2.06. The Hall–Kier alpha value is -2.57. The van der Waals surface area contributed by atoms with Crippen molar-refractivity contribution in [3.05, 3.63) is 35.4 Å². The summed E-state index contributed by atoms with van der Waals surface area (Å²) in [5, 5.41) is 8.09. The Morgan fingerprint density at radius 1 is 1.00 bits per heavy atom. The second-order valence-corrected chi connectivity index (χ2v) is 7.01. The number of ether oxygens (including phenoxy) is 1. The number of alkyl carbamates (subject to hydrolysis) is 1. The third-order valence-corrected chi connectivity index (χ3v) is 3.26. The molecular formula is C19H29N3O4. The Labute approximate surface area is 154 Å². The summed E-state index contributed by atoms with van der Waals surface area (Å²) < 4.78 is 5.08. The monoisotopic (exact) mass is 363 g/mol. The molecule has 0 bridgehead atoms. The molecular weight excluding hydrogens is 334 g/mol. The predicted octanol–water partition coefficient (Wildman–Crippen LogP) is 2.15. The van der Waals surface area contributed by atoms with Gasteiger partial charge in [0.2, 0.25) is 5.91 Å². The normalized spacial score (nSPS) is 10.8. The van der Waals surface area contributed by atoms with E-state index in [9.17, 15) is 14.4 Å². The first-order valence-electron chi connectivity index (χ1n) is 8.76. The molecule has 0 spiro atoms. The van der Waals surface area contributed by atoms with Crippen LogP contribution in [0, 0.1) is 6.92 Å². The molecule has 0 aliphatic carbocycles. The molecule has 7 heteroatoms. The first-order valence-corrected chi connectivity index (χ1v) is 8.76. The molecule has 1 rings (SSSR count). The lowest BCUT2D eigenvalue weighted by molar-refractivity contribution is -0.120. The summed E-state index contributed by atoms with van der Waals surface area (Å²) >= 11 is 0. The zero-order chi connectivity index (χ0) is 19.6. The van der Waals surface area contributed by atoms with Crippen molar-refractivity contribution in [2.45, 2.75) is 46.1 Å². The Morgan fingerprint density at radius 3 is 2.35 bits per heavy atom. The summed E-state index contributed by atoms with van der Waals surface area (Å²) in [6, 6.07) is 7.37. The minimum atomic E-state index is -0.560. The molecule has 7 nitrogen and oxygen atoms in total. The lowest BCUT2D eigenvalue weighted by Gasteiger charge is -2.19. The van der Waals surface area contributed by atoms with Crippen molar-refractivity contribution >= 4 is 17.9 Å². The number of aryl methyl sites for hydroxylation is 1. The highest BCUT2D eigenvalue weighted by molar-refractivity contribution is 5.94. The van der Waals surface area contributed by atoms with E-state index in [1.165, 1.54) is 0 Å². The van der Waals surface area contributed by atoms with E-state index < -0.39 is 11.7 Å². The van der Waals surface area contributed by atoms with Crippen molar-refractivity contribution in [1.29, 1.82) is 0 Å². The van der Waals surface area contributed by atoms with Gasteiger partial charge in [-0.3, -0.25) is 9.59 Å². The first kappa shape index (κ1) is 21.5. The van der Waals surface area contributed by atoms with E-state index in [2.05, 4.69) is 16.0 Å². The molecule has 0 saturated heterocycles. The number of hydrogen-bond acceptors (Lipinski definition) is 4. The van der Waals surface area contributed by atoms with Crippen molar-refractivity contribution in [2.24, 2.45) is 0 Å². The second-order valence-electron chi connectivity index (χ2n) is 7.01. The number of benzene rings is 1. The summed E-state index contributed by atoms with van der Waals surface area (Å²) in [6.07, 6.45) is 0.265.